The zero-order chi connectivity index (χ0) is 23.4. The molecule has 1 atom stereocenters. The Morgan fingerprint density at radius 3 is 2.48 bits per heavy atom. The molecule has 0 saturated carbocycles. The number of rotatable bonds is 7. The summed E-state index contributed by atoms with van der Waals surface area (Å²) in [5.41, 5.74) is 2.98. The Bertz CT molecular complexity index is 1280. The first kappa shape index (κ1) is 21.9. The number of methoxy groups -OCH3 is 2. The van der Waals surface area contributed by atoms with Crippen molar-refractivity contribution in [2.24, 2.45) is 0 Å². The molecular formula is C25H23N3O5. The number of anilines is 1. The third kappa shape index (κ3) is 4.64. The van der Waals surface area contributed by atoms with Crippen LogP contribution in [0.5, 0.6) is 11.5 Å². The van der Waals surface area contributed by atoms with E-state index in [1.165, 1.54) is 21.1 Å². The maximum atomic E-state index is 12.9. The molecule has 4 rings (SSSR count). The third-order valence-corrected chi connectivity index (χ3v) is 5.11. The molecule has 0 fully saturated rings. The second kappa shape index (κ2) is 9.44. The second-order valence-electron chi connectivity index (χ2n) is 7.25. The van der Waals surface area contributed by atoms with E-state index in [2.05, 4.69) is 15.3 Å². The van der Waals surface area contributed by atoms with Crippen LogP contribution >= 0.6 is 0 Å². The van der Waals surface area contributed by atoms with E-state index < -0.39 is 18.0 Å². The van der Waals surface area contributed by atoms with Gasteiger partial charge in [-0.3, -0.25) is 4.79 Å². The summed E-state index contributed by atoms with van der Waals surface area (Å²) in [6, 6.07) is 19.6. The first-order valence-corrected chi connectivity index (χ1v) is 10.3. The number of fused-ring (bicyclic) bond motifs is 1. The summed E-state index contributed by atoms with van der Waals surface area (Å²) in [5, 5.41) is 2.72. The number of aromatic amines is 1. The molecule has 0 saturated heterocycles. The highest BCUT2D eigenvalue weighted by Gasteiger charge is 2.23. The number of ether oxygens (including phenoxy) is 3. The lowest BCUT2D eigenvalue weighted by Crippen LogP contribution is -2.30. The van der Waals surface area contributed by atoms with Crippen LogP contribution in [0.2, 0.25) is 0 Å². The van der Waals surface area contributed by atoms with Crippen molar-refractivity contribution in [1.29, 1.82) is 0 Å². The van der Waals surface area contributed by atoms with Gasteiger partial charge in [0.2, 0.25) is 0 Å². The van der Waals surface area contributed by atoms with Gasteiger partial charge >= 0.3 is 5.97 Å². The van der Waals surface area contributed by atoms with Crippen LogP contribution in [-0.4, -0.2) is 42.2 Å². The molecule has 1 unspecified atom stereocenters. The standard InChI is InChI=1S/C25H23N3O5/c1-15(24(29)28-21-13-12-16(31-2)14-22(21)32-3)33-25(30)18-9-5-4-8-17(18)23-26-19-10-6-7-11-20(19)27-23/h4-15H,1-3H3,(H,26,27)(H,28,29). The van der Waals surface area contributed by atoms with Crippen LogP contribution in [0, 0.1) is 0 Å². The zero-order valence-electron chi connectivity index (χ0n) is 18.4. The van der Waals surface area contributed by atoms with Gasteiger partial charge in [0.15, 0.2) is 6.10 Å². The number of esters is 1. The van der Waals surface area contributed by atoms with Crippen LogP contribution in [-0.2, 0) is 9.53 Å². The van der Waals surface area contributed by atoms with E-state index >= 15 is 0 Å². The predicted molar refractivity (Wildman–Crippen MR) is 125 cm³/mol. The van der Waals surface area contributed by atoms with Crippen LogP contribution in [0.3, 0.4) is 0 Å². The molecule has 1 aromatic heterocycles. The lowest BCUT2D eigenvalue weighted by atomic mass is 10.1. The Kier molecular flexibility index (Phi) is 6.26. The van der Waals surface area contributed by atoms with E-state index in [9.17, 15) is 9.59 Å². The van der Waals surface area contributed by atoms with Crippen molar-refractivity contribution in [3.8, 4) is 22.9 Å². The molecule has 0 radical (unpaired) electrons. The van der Waals surface area contributed by atoms with E-state index in [0.29, 0.717) is 34.1 Å². The van der Waals surface area contributed by atoms with Crippen molar-refractivity contribution in [3.05, 3.63) is 72.3 Å². The molecule has 1 heterocycles. The maximum absolute atomic E-state index is 12.9. The van der Waals surface area contributed by atoms with Gasteiger partial charge in [0.25, 0.3) is 5.91 Å². The fraction of sp³-hybridized carbons (Fsp3) is 0.160. The van der Waals surface area contributed by atoms with Crippen LogP contribution in [0.1, 0.15) is 17.3 Å². The Morgan fingerprint density at radius 2 is 1.73 bits per heavy atom. The Balaban J connectivity index is 1.51. The molecule has 33 heavy (non-hydrogen) atoms. The number of amides is 1. The molecule has 4 aromatic rings. The Morgan fingerprint density at radius 1 is 0.970 bits per heavy atom. The minimum absolute atomic E-state index is 0.304. The topological polar surface area (TPSA) is 103 Å². The molecule has 0 bridgehead atoms. The molecule has 168 valence electrons. The smallest absolute Gasteiger partial charge is 0.339 e. The van der Waals surface area contributed by atoms with Gasteiger partial charge in [0.05, 0.1) is 36.5 Å². The molecule has 1 amide bonds. The van der Waals surface area contributed by atoms with Gasteiger partial charge in [-0.2, -0.15) is 0 Å². The van der Waals surface area contributed by atoms with Crippen molar-refractivity contribution in [3.63, 3.8) is 0 Å². The highest BCUT2D eigenvalue weighted by Crippen LogP contribution is 2.29. The number of aromatic nitrogens is 2. The third-order valence-electron chi connectivity index (χ3n) is 5.11. The fourth-order valence-electron chi connectivity index (χ4n) is 3.36. The summed E-state index contributed by atoms with van der Waals surface area (Å²) in [4.78, 5) is 33.4. The van der Waals surface area contributed by atoms with Gasteiger partial charge in [0, 0.05) is 11.6 Å². The second-order valence-corrected chi connectivity index (χ2v) is 7.25. The van der Waals surface area contributed by atoms with Gasteiger partial charge in [-0.15, -0.1) is 0 Å². The number of carbonyl (C=O) groups excluding carboxylic acids is 2. The quantitative estimate of drug-likeness (QED) is 0.408. The predicted octanol–water partition coefficient (Wildman–Crippen LogP) is 4.43. The molecule has 0 aliphatic rings. The number of H-pyrrole nitrogens is 1. The van der Waals surface area contributed by atoms with Gasteiger partial charge in [0.1, 0.15) is 17.3 Å². The normalized spacial score (nSPS) is 11.6. The molecule has 0 aliphatic heterocycles. The van der Waals surface area contributed by atoms with Crippen molar-refractivity contribution < 1.29 is 23.8 Å². The van der Waals surface area contributed by atoms with Crippen LogP contribution in [0.25, 0.3) is 22.4 Å². The SMILES string of the molecule is COc1ccc(NC(=O)C(C)OC(=O)c2ccccc2-c2nc3ccccc3[nH]2)c(OC)c1. The lowest BCUT2D eigenvalue weighted by Gasteiger charge is -2.16. The molecule has 8 heteroatoms. The molecule has 3 aromatic carbocycles. The number of carbonyl (C=O) groups is 2. The minimum Gasteiger partial charge on any atom is -0.497 e. The number of imidazole rings is 1. The van der Waals surface area contributed by atoms with E-state index in [-0.39, 0.29) is 0 Å². The molecular weight excluding hydrogens is 422 g/mol. The summed E-state index contributed by atoms with van der Waals surface area (Å²) in [7, 11) is 3.03. The molecule has 2 N–H and O–H groups in total. The highest BCUT2D eigenvalue weighted by molar-refractivity contribution is 6.01. The van der Waals surface area contributed by atoms with Crippen molar-refractivity contribution in [1.82, 2.24) is 9.97 Å². The average molecular weight is 445 g/mol. The highest BCUT2D eigenvalue weighted by atomic mass is 16.5. The summed E-state index contributed by atoms with van der Waals surface area (Å²) < 4.78 is 15.9. The Labute approximate surface area is 190 Å². The van der Waals surface area contributed by atoms with E-state index in [1.54, 1.807) is 36.4 Å². The van der Waals surface area contributed by atoms with Crippen molar-refractivity contribution in [2.75, 3.05) is 19.5 Å². The van der Waals surface area contributed by atoms with Gasteiger partial charge < -0.3 is 24.5 Å². The first-order chi connectivity index (χ1) is 16.0. The summed E-state index contributed by atoms with van der Waals surface area (Å²) in [6.07, 6.45) is -1.05. The minimum atomic E-state index is -1.05. The summed E-state index contributed by atoms with van der Waals surface area (Å²) in [5.74, 6) is 0.440. The van der Waals surface area contributed by atoms with E-state index in [1.807, 2.05) is 30.3 Å². The monoisotopic (exact) mass is 445 g/mol. The number of hydrogen-bond acceptors (Lipinski definition) is 6. The largest absolute Gasteiger partial charge is 0.497 e. The fourth-order valence-corrected chi connectivity index (χ4v) is 3.36. The number of benzene rings is 3. The summed E-state index contributed by atoms with van der Waals surface area (Å²) in [6.45, 7) is 1.51. The molecule has 0 aliphatic carbocycles. The van der Waals surface area contributed by atoms with Gasteiger partial charge in [-0.25, -0.2) is 9.78 Å². The maximum Gasteiger partial charge on any atom is 0.339 e. The zero-order valence-corrected chi connectivity index (χ0v) is 18.4. The van der Waals surface area contributed by atoms with Gasteiger partial charge in [-0.05, 0) is 37.3 Å². The summed E-state index contributed by atoms with van der Waals surface area (Å²) >= 11 is 0. The average Bonchev–Trinajstić information content (AvgIpc) is 3.28. The van der Waals surface area contributed by atoms with Crippen molar-refractivity contribution in [2.45, 2.75) is 13.0 Å². The number of nitrogens with one attached hydrogen (secondary N) is 2. The first-order valence-electron chi connectivity index (χ1n) is 10.3. The lowest BCUT2D eigenvalue weighted by molar-refractivity contribution is -0.123. The van der Waals surface area contributed by atoms with E-state index in [0.717, 1.165) is 11.0 Å². The van der Waals surface area contributed by atoms with Crippen LogP contribution < -0.4 is 14.8 Å². The van der Waals surface area contributed by atoms with E-state index in [4.69, 9.17) is 14.2 Å². The molecule has 0 spiro atoms. The van der Waals surface area contributed by atoms with Gasteiger partial charge in [-0.1, -0.05) is 30.3 Å². The number of nitrogens with zero attached hydrogens (tertiary/aromatic N) is 1. The van der Waals surface area contributed by atoms with Crippen LogP contribution in [0.4, 0.5) is 5.69 Å². The number of hydrogen-bond donors (Lipinski definition) is 2. The molecule has 8 nitrogen and oxygen atoms in total. The van der Waals surface area contributed by atoms with Crippen molar-refractivity contribution >= 4 is 28.6 Å². The van der Waals surface area contributed by atoms with Crippen LogP contribution in [0.15, 0.2) is 66.7 Å². The number of para-hydroxylation sites is 2. The Hall–Kier alpha value is -4.33.